The molecule has 0 rings (SSSR count). The zero-order chi connectivity index (χ0) is 7.44. The highest BCUT2D eigenvalue weighted by atomic mass is 15.6. The third-order valence-electron chi connectivity index (χ3n) is 0.865. The molecule has 0 unspecified atom stereocenters. The van der Waals surface area contributed by atoms with Gasteiger partial charge in [-0.2, -0.15) is 0 Å². The molecule has 0 aromatic heterocycles. The lowest BCUT2D eigenvalue weighted by Gasteiger charge is -2.07. The van der Waals surface area contributed by atoms with Gasteiger partial charge in [0.2, 0.25) is 0 Å². The van der Waals surface area contributed by atoms with Gasteiger partial charge in [-0.05, 0) is 0 Å². The summed E-state index contributed by atoms with van der Waals surface area (Å²) in [5, 5.41) is 4.99. The van der Waals surface area contributed by atoms with Crippen molar-refractivity contribution in [3.63, 3.8) is 0 Å². The van der Waals surface area contributed by atoms with E-state index in [4.69, 9.17) is 11.6 Å². The van der Waals surface area contributed by atoms with E-state index in [1.165, 1.54) is 5.12 Å². The van der Waals surface area contributed by atoms with Crippen LogP contribution in [0.1, 0.15) is 13.8 Å². The average molecular weight is 130 g/mol. The molecule has 0 saturated heterocycles. The van der Waals surface area contributed by atoms with Gasteiger partial charge in [0, 0.05) is 13.0 Å². The Labute approximate surface area is 55.5 Å². The summed E-state index contributed by atoms with van der Waals surface area (Å²) in [6, 6.07) is 0. The van der Waals surface area contributed by atoms with E-state index in [9.17, 15) is 0 Å². The molecule has 0 amide bonds. The Morgan fingerprint density at radius 3 is 2.11 bits per heavy atom. The molecule has 0 aromatic carbocycles. The van der Waals surface area contributed by atoms with Gasteiger partial charge in [-0.15, -0.1) is 5.10 Å². The number of nitrogens with two attached hydrogens (primary N) is 2. The van der Waals surface area contributed by atoms with Crippen molar-refractivity contribution in [2.24, 2.45) is 22.6 Å². The Bertz CT molecular complexity index is 106. The molecule has 0 heterocycles. The zero-order valence-corrected chi connectivity index (χ0v) is 6.13. The van der Waals surface area contributed by atoms with Crippen molar-refractivity contribution in [3.05, 3.63) is 0 Å². The highest BCUT2D eigenvalue weighted by molar-refractivity contribution is 5.81. The van der Waals surface area contributed by atoms with Crippen LogP contribution >= 0.6 is 0 Å². The molecule has 0 atom stereocenters. The van der Waals surface area contributed by atoms with Crippen LogP contribution in [0.2, 0.25) is 0 Å². The summed E-state index contributed by atoms with van der Waals surface area (Å²) in [6.07, 6.45) is 0. The van der Waals surface area contributed by atoms with Crippen LogP contribution < -0.4 is 11.6 Å². The number of nitrogens with zero attached hydrogens (tertiary/aromatic N) is 2. The molecule has 9 heavy (non-hydrogen) atoms. The van der Waals surface area contributed by atoms with Gasteiger partial charge in [0.15, 0.2) is 0 Å². The molecule has 0 bridgehead atoms. The van der Waals surface area contributed by atoms with Crippen LogP contribution in [0, 0.1) is 5.92 Å². The molecule has 4 nitrogen and oxygen atoms in total. The summed E-state index contributed by atoms with van der Waals surface area (Å²) in [6.45, 7) is 3.92. The molecule has 0 radical (unpaired) electrons. The highest BCUT2D eigenvalue weighted by Gasteiger charge is 1.97. The fourth-order valence-corrected chi connectivity index (χ4v) is 0.298. The van der Waals surface area contributed by atoms with Gasteiger partial charge in [-0.25, -0.2) is 11.0 Å². The van der Waals surface area contributed by atoms with Crippen LogP contribution in [0.15, 0.2) is 5.10 Å². The maximum Gasteiger partial charge on any atom is 0.123 e. The Morgan fingerprint density at radius 1 is 1.56 bits per heavy atom. The van der Waals surface area contributed by atoms with E-state index in [1.807, 2.05) is 13.8 Å². The first kappa shape index (κ1) is 8.23. The monoisotopic (exact) mass is 130 g/mol. The second-order valence-electron chi connectivity index (χ2n) is 2.25. The fraction of sp³-hybridized carbons (Fsp3) is 0.800. The zero-order valence-electron chi connectivity index (χ0n) is 6.13. The molecular formula is C5H14N4. The largest absolute Gasteiger partial charge is 0.385 e. The Hall–Kier alpha value is -0.770. The topological polar surface area (TPSA) is 67.6 Å². The summed E-state index contributed by atoms with van der Waals surface area (Å²) in [5.41, 5.74) is 5.45. The number of hydrazine groups is 1. The second-order valence-corrected chi connectivity index (χ2v) is 2.25. The van der Waals surface area contributed by atoms with Crippen molar-refractivity contribution in [1.82, 2.24) is 5.12 Å². The minimum absolute atomic E-state index is 0.260. The number of rotatable bonds is 2. The van der Waals surface area contributed by atoms with E-state index >= 15 is 0 Å². The molecule has 4 heteroatoms. The summed E-state index contributed by atoms with van der Waals surface area (Å²) >= 11 is 0. The molecule has 0 aromatic rings. The maximum absolute atomic E-state index is 5.45. The van der Waals surface area contributed by atoms with Crippen molar-refractivity contribution in [2.75, 3.05) is 7.05 Å². The van der Waals surface area contributed by atoms with Gasteiger partial charge < -0.3 is 5.73 Å². The van der Waals surface area contributed by atoms with Crippen molar-refractivity contribution >= 4 is 5.84 Å². The van der Waals surface area contributed by atoms with E-state index in [-0.39, 0.29) is 5.92 Å². The van der Waals surface area contributed by atoms with Gasteiger partial charge in [0.1, 0.15) is 5.84 Å². The Morgan fingerprint density at radius 2 is 2.00 bits per heavy atom. The molecular weight excluding hydrogens is 116 g/mol. The normalized spacial score (nSPS) is 12.3. The average Bonchev–Trinajstić information content (AvgIpc) is 1.63. The van der Waals surface area contributed by atoms with Crippen LogP contribution in [0.4, 0.5) is 0 Å². The molecule has 0 spiro atoms. The molecule has 0 fully saturated rings. The second kappa shape index (κ2) is 3.29. The van der Waals surface area contributed by atoms with E-state index < -0.39 is 0 Å². The smallest absolute Gasteiger partial charge is 0.123 e. The molecule has 0 saturated carbocycles. The predicted molar refractivity (Wildman–Crippen MR) is 38.4 cm³/mol. The van der Waals surface area contributed by atoms with Crippen molar-refractivity contribution in [3.8, 4) is 0 Å². The lowest BCUT2D eigenvalue weighted by atomic mass is 10.2. The van der Waals surface area contributed by atoms with Gasteiger partial charge in [0.25, 0.3) is 0 Å². The number of hydrazone groups is 1. The maximum atomic E-state index is 5.45. The van der Waals surface area contributed by atoms with E-state index in [0.29, 0.717) is 5.84 Å². The van der Waals surface area contributed by atoms with Gasteiger partial charge in [-0.1, -0.05) is 13.8 Å². The summed E-state index contributed by atoms with van der Waals surface area (Å²) in [5.74, 6) is 6.01. The van der Waals surface area contributed by atoms with Gasteiger partial charge in [-0.3, -0.25) is 0 Å². The lowest BCUT2D eigenvalue weighted by molar-refractivity contribution is 0.368. The number of hydrogen-bond donors (Lipinski definition) is 2. The Kier molecular flexibility index (Phi) is 3.01. The summed E-state index contributed by atoms with van der Waals surface area (Å²) < 4.78 is 0. The first-order valence-electron chi connectivity index (χ1n) is 2.86. The van der Waals surface area contributed by atoms with Gasteiger partial charge >= 0.3 is 0 Å². The SMILES string of the molecule is CC(C)/C(N)=N/N(C)N. The summed E-state index contributed by atoms with van der Waals surface area (Å²) in [7, 11) is 1.63. The predicted octanol–water partition coefficient (Wildman–Crippen LogP) is -0.280. The highest BCUT2D eigenvalue weighted by Crippen LogP contribution is 1.90. The number of hydrogen-bond acceptors (Lipinski definition) is 3. The molecule has 0 aliphatic carbocycles. The molecule has 4 N–H and O–H groups in total. The van der Waals surface area contributed by atoms with Crippen molar-refractivity contribution in [2.45, 2.75) is 13.8 Å². The minimum atomic E-state index is 0.260. The van der Waals surface area contributed by atoms with Crippen molar-refractivity contribution < 1.29 is 0 Å². The molecule has 54 valence electrons. The summed E-state index contributed by atoms with van der Waals surface area (Å²) in [4.78, 5) is 0. The van der Waals surface area contributed by atoms with Gasteiger partial charge in [0.05, 0.1) is 0 Å². The van der Waals surface area contributed by atoms with E-state index in [1.54, 1.807) is 7.05 Å². The van der Waals surface area contributed by atoms with E-state index in [2.05, 4.69) is 5.10 Å². The standard InChI is InChI=1S/C5H14N4/c1-4(2)5(6)8-9(3)7/h4H,7H2,1-3H3,(H2,6,8). The van der Waals surface area contributed by atoms with E-state index in [0.717, 1.165) is 0 Å². The first-order chi connectivity index (χ1) is 4.04. The van der Waals surface area contributed by atoms with Crippen LogP contribution in [0.5, 0.6) is 0 Å². The lowest BCUT2D eigenvalue weighted by Crippen LogP contribution is -2.27. The fourth-order valence-electron chi connectivity index (χ4n) is 0.298. The van der Waals surface area contributed by atoms with Crippen LogP contribution in [-0.4, -0.2) is 18.0 Å². The third kappa shape index (κ3) is 3.78. The quantitative estimate of drug-likeness (QED) is 0.234. The van der Waals surface area contributed by atoms with Crippen LogP contribution in [0.25, 0.3) is 0 Å². The first-order valence-corrected chi connectivity index (χ1v) is 2.86. The third-order valence-corrected chi connectivity index (χ3v) is 0.865. The van der Waals surface area contributed by atoms with Crippen LogP contribution in [-0.2, 0) is 0 Å². The Balaban J connectivity index is 3.84. The van der Waals surface area contributed by atoms with Crippen molar-refractivity contribution in [1.29, 1.82) is 0 Å². The number of amidine groups is 1. The minimum Gasteiger partial charge on any atom is -0.385 e. The molecule has 0 aliphatic rings. The van der Waals surface area contributed by atoms with Crippen LogP contribution in [0.3, 0.4) is 0 Å². The molecule has 0 aliphatic heterocycles.